The fourth-order valence-corrected chi connectivity index (χ4v) is 1.69. The van der Waals surface area contributed by atoms with Crippen molar-refractivity contribution in [3.63, 3.8) is 0 Å². The first-order valence-corrected chi connectivity index (χ1v) is 5.48. The van der Waals surface area contributed by atoms with Crippen molar-refractivity contribution < 1.29 is 0 Å². The molecule has 0 spiro atoms. The summed E-state index contributed by atoms with van der Waals surface area (Å²) in [7, 11) is 2.06. The van der Waals surface area contributed by atoms with Gasteiger partial charge in [-0.3, -0.25) is 4.98 Å². The molecule has 84 valence electrons. The number of hydrogen-bond donors (Lipinski definition) is 1. The largest absolute Gasteiger partial charge is 0.353 e. The Morgan fingerprint density at radius 2 is 2.19 bits per heavy atom. The highest BCUT2D eigenvalue weighted by molar-refractivity contribution is 5.21. The van der Waals surface area contributed by atoms with Crippen LogP contribution in [0.1, 0.15) is 16.8 Å². The van der Waals surface area contributed by atoms with Crippen LogP contribution < -0.4 is 5.32 Å². The zero-order valence-electron chi connectivity index (χ0n) is 9.77. The number of rotatable bonds is 4. The van der Waals surface area contributed by atoms with E-state index in [4.69, 9.17) is 0 Å². The molecule has 1 N–H and O–H groups in total. The molecule has 0 bridgehead atoms. The van der Waals surface area contributed by atoms with Gasteiger partial charge < -0.3 is 9.88 Å². The van der Waals surface area contributed by atoms with E-state index in [1.165, 1.54) is 16.8 Å². The lowest BCUT2D eigenvalue weighted by Gasteiger charge is -2.07. The molecule has 3 nitrogen and oxygen atoms in total. The van der Waals surface area contributed by atoms with Crippen LogP contribution in [0.3, 0.4) is 0 Å². The van der Waals surface area contributed by atoms with E-state index in [1.807, 2.05) is 18.5 Å². The van der Waals surface area contributed by atoms with E-state index < -0.39 is 0 Å². The summed E-state index contributed by atoms with van der Waals surface area (Å²) >= 11 is 0. The van der Waals surface area contributed by atoms with E-state index in [1.54, 1.807) is 0 Å². The van der Waals surface area contributed by atoms with Crippen LogP contribution in [0.5, 0.6) is 0 Å². The van der Waals surface area contributed by atoms with Crippen LogP contribution in [0.25, 0.3) is 0 Å². The van der Waals surface area contributed by atoms with Gasteiger partial charge in [-0.15, -0.1) is 0 Å². The van der Waals surface area contributed by atoms with Crippen molar-refractivity contribution >= 4 is 0 Å². The molecule has 0 unspecified atom stereocenters. The summed E-state index contributed by atoms with van der Waals surface area (Å²) in [6.07, 6.45) is 5.82. The molecule has 16 heavy (non-hydrogen) atoms. The lowest BCUT2D eigenvalue weighted by atomic mass is 10.1. The number of nitrogens with one attached hydrogen (secondary N) is 1. The predicted molar refractivity (Wildman–Crippen MR) is 64.9 cm³/mol. The second kappa shape index (κ2) is 4.94. The topological polar surface area (TPSA) is 29.9 Å². The zero-order valence-corrected chi connectivity index (χ0v) is 9.77. The van der Waals surface area contributed by atoms with Crippen LogP contribution in [-0.2, 0) is 20.1 Å². The molecule has 0 aliphatic carbocycles. The third kappa shape index (κ3) is 2.49. The Kier molecular flexibility index (Phi) is 3.37. The SMILES string of the molecule is Cc1ccncc1CNCc1cccn1C. The second-order valence-electron chi connectivity index (χ2n) is 4.02. The molecule has 0 saturated heterocycles. The normalized spacial score (nSPS) is 10.6. The van der Waals surface area contributed by atoms with Gasteiger partial charge in [0.1, 0.15) is 0 Å². The summed E-state index contributed by atoms with van der Waals surface area (Å²) in [6, 6.07) is 6.23. The smallest absolute Gasteiger partial charge is 0.0362 e. The fraction of sp³-hybridized carbons (Fsp3) is 0.308. The molecule has 0 amide bonds. The molecule has 0 fully saturated rings. The van der Waals surface area contributed by atoms with E-state index in [0.717, 1.165) is 13.1 Å². The molecule has 3 heteroatoms. The van der Waals surface area contributed by atoms with Gasteiger partial charge in [0.25, 0.3) is 0 Å². The van der Waals surface area contributed by atoms with Gasteiger partial charge in [0, 0.05) is 44.4 Å². The second-order valence-corrected chi connectivity index (χ2v) is 4.02. The molecule has 2 rings (SSSR count). The summed E-state index contributed by atoms with van der Waals surface area (Å²) in [5.41, 5.74) is 3.84. The van der Waals surface area contributed by atoms with Gasteiger partial charge in [0.05, 0.1) is 0 Å². The van der Waals surface area contributed by atoms with Crippen LogP contribution >= 0.6 is 0 Å². The van der Waals surface area contributed by atoms with Crippen LogP contribution in [-0.4, -0.2) is 9.55 Å². The quantitative estimate of drug-likeness (QED) is 0.845. The minimum absolute atomic E-state index is 0.866. The summed E-state index contributed by atoms with van der Waals surface area (Å²) in [5, 5.41) is 3.42. The predicted octanol–water partition coefficient (Wildman–Crippen LogP) is 2.02. The van der Waals surface area contributed by atoms with Gasteiger partial charge in [-0.1, -0.05) is 0 Å². The fourth-order valence-electron chi connectivity index (χ4n) is 1.69. The third-order valence-corrected chi connectivity index (χ3v) is 2.82. The van der Waals surface area contributed by atoms with Gasteiger partial charge in [0.15, 0.2) is 0 Å². The molecule has 0 saturated carbocycles. The van der Waals surface area contributed by atoms with Crippen molar-refractivity contribution in [1.29, 1.82) is 0 Å². The number of hydrogen-bond acceptors (Lipinski definition) is 2. The summed E-state index contributed by atoms with van der Waals surface area (Å²) in [4.78, 5) is 4.13. The maximum Gasteiger partial charge on any atom is 0.0362 e. The molecular weight excluding hydrogens is 198 g/mol. The van der Waals surface area contributed by atoms with Crippen LogP contribution in [0, 0.1) is 6.92 Å². The van der Waals surface area contributed by atoms with Crippen molar-refractivity contribution in [2.24, 2.45) is 7.05 Å². The lowest BCUT2D eigenvalue weighted by molar-refractivity contribution is 0.652. The van der Waals surface area contributed by atoms with Crippen LogP contribution in [0.2, 0.25) is 0 Å². The number of aryl methyl sites for hydroxylation is 2. The number of pyridine rings is 1. The Morgan fingerprint density at radius 3 is 2.88 bits per heavy atom. The third-order valence-electron chi connectivity index (χ3n) is 2.82. The Morgan fingerprint density at radius 1 is 1.31 bits per heavy atom. The first kappa shape index (κ1) is 10.9. The average Bonchev–Trinajstić information content (AvgIpc) is 2.67. The Labute approximate surface area is 96.1 Å². The molecule has 2 aromatic heterocycles. The van der Waals surface area contributed by atoms with Gasteiger partial charge in [-0.2, -0.15) is 0 Å². The first-order chi connectivity index (χ1) is 7.77. The highest BCUT2D eigenvalue weighted by atomic mass is 15.0. The maximum atomic E-state index is 4.13. The minimum atomic E-state index is 0.866. The van der Waals surface area contributed by atoms with Gasteiger partial charge >= 0.3 is 0 Å². The van der Waals surface area contributed by atoms with Crippen LogP contribution in [0.15, 0.2) is 36.8 Å². The Hall–Kier alpha value is -1.61. The van der Waals surface area contributed by atoms with E-state index >= 15 is 0 Å². The summed E-state index contributed by atoms with van der Waals surface area (Å²) < 4.78 is 2.13. The Bertz CT molecular complexity index is 460. The summed E-state index contributed by atoms with van der Waals surface area (Å²) in [6.45, 7) is 3.86. The number of aromatic nitrogens is 2. The standard InChI is InChI=1S/C13H17N3/c1-11-5-6-14-8-12(11)9-15-10-13-4-3-7-16(13)2/h3-8,15H,9-10H2,1-2H3. The van der Waals surface area contributed by atoms with Crippen molar-refractivity contribution in [2.45, 2.75) is 20.0 Å². The van der Waals surface area contributed by atoms with Gasteiger partial charge in [0.2, 0.25) is 0 Å². The highest BCUT2D eigenvalue weighted by Crippen LogP contribution is 2.05. The molecule has 0 atom stereocenters. The molecule has 0 radical (unpaired) electrons. The zero-order chi connectivity index (χ0) is 11.4. The maximum absolute atomic E-state index is 4.13. The first-order valence-electron chi connectivity index (χ1n) is 5.48. The molecule has 0 aromatic carbocycles. The molecule has 2 aromatic rings. The van der Waals surface area contributed by atoms with Crippen molar-refractivity contribution in [1.82, 2.24) is 14.9 Å². The highest BCUT2D eigenvalue weighted by Gasteiger charge is 1.99. The van der Waals surface area contributed by atoms with Crippen LogP contribution in [0.4, 0.5) is 0 Å². The molecule has 2 heterocycles. The minimum Gasteiger partial charge on any atom is -0.353 e. The number of nitrogens with zero attached hydrogens (tertiary/aromatic N) is 2. The molecule has 0 aliphatic heterocycles. The van der Waals surface area contributed by atoms with E-state index in [2.05, 4.69) is 47.2 Å². The van der Waals surface area contributed by atoms with Gasteiger partial charge in [-0.05, 0) is 36.2 Å². The lowest BCUT2D eigenvalue weighted by Crippen LogP contribution is -2.15. The Balaban J connectivity index is 1.89. The molecular formula is C13H17N3. The van der Waals surface area contributed by atoms with Crippen molar-refractivity contribution in [2.75, 3.05) is 0 Å². The average molecular weight is 215 g/mol. The monoisotopic (exact) mass is 215 g/mol. The van der Waals surface area contributed by atoms with Crippen molar-refractivity contribution in [3.8, 4) is 0 Å². The van der Waals surface area contributed by atoms with Gasteiger partial charge in [-0.25, -0.2) is 0 Å². The summed E-state index contributed by atoms with van der Waals surface area (Å²) in [5.74, 6) is 0. The van der Waals surface area contributed by atoms with E-state index in [-0.39, 0.29) is 0 Å². The van der Waals surface area contributed by atoms with Crippen molar-refractivity contribution in [3.05, 3.63) is 53.6 Å². The van der Waals surface area contributed by atoms with E-state index in [9.17, 15) is 0 Å². The molecule has 0 aliphatic rings. The van der Waals surface area contributed by atoms with E-state index in [0.29, 0.717) is 0 Å².